The van der Waals surface area contributed by atoms with E-state index in [-0.39, 0.29) is 0 Å². The van der Waals surface area contributed by atoms with E-state index in [0.29, 0.717) is 0 Å². The van der Waals surface area contributed by atoms with Crippen molar-refractivity contribution < 1.29 is 36.2 Å². The van der Waals surface area contributed by atoms with Crippen LogP contribution in [0.4, 0.5) is 22.0 Å². The van der Waals surface area contributed by atoms with E-state index >= 15 is 0 Å². The standard InChI is InChI=1S/C7H2F5O3P/c8-2-1(7(13)16(14)15)3(9)5(11)6(12)4(2)10/h7,13H. The highest BCUT2D eigenvalue weighted by atomic mass is 31.1. The van der Waals surface area contributed by atoms with Crippen molar-refractivity contribution in [2.75, 3.05) is 0 Å². The zero-order valence-corrected chi connectivity index (χ0v) is 8.07. The lowest BCUT2D eigenvalue weighted by atomic mass is 10.2. The summed E-state index contributed by atoms with van der Waals surface area (Å²) >= 11 is 0. The lowest BCUT2D eigenvalue weighted by Gasteiger charge is -2.08. The Bertz CT molecular complexity index is 476. The van der Waals surface area contributed by atoms with Crippen LogP contribution in [0.5, 0.6) is 0 Å². The molecule has 0 aliphatic carbocycles. The Kier molecular flexibility index (Phi) is 3.44. The Morgan fingerprint density at radius 1 is 0.812 bits per heavy atom. The Labute approximate surface area is 85.3 Å². The number of benzene rings is 1. The number of hydrogen-bond donors (Lipinski definition) is 1. The van der Waals surface area contributed by atoms with Gasteiger partial charge in [-0.1, -0.05) is 0 Å². The van der Waals surface area contributed by atoms with Gasteiger partial charge in [0.05, 0.1) is 5.56 Å². The van der Waals surface area contributed by atoms with Crippen molar-refractivity contribution in [1.82, 2.24) is 0 Å². The molecule has 0 saturated heterocycles. The van der Waals surface area contributed by atoms with Crippen LogP contribution in [0.15, 0.2) is 0 Å². The van der Waals surface area contributed by atoms with Gasteiger partial charge < -0.3 is 5.11 Å². The number of hydrogen-bond acceptors (Lipinski definition) is 3. The molecule has 9 heteroatoms. The molecular formula is C7H2F5O3P. The molecule has 3 nitrogen and oxygen atoms in total. The lowest BCUT2D eigenvalue weighted by molar-refractivity contribution is 0.232. The van der Waals surface area contributed by atoms with Gasteiger partial charge in [0.25, 0.3) is 0 Å². The molecule has 0 radical (unpaired) electrons. The molecule has 1 atom stereocenters. The summed E-state index contributed by atoms with van der Waals surface area (Å²) in [6.45, 7) is 0. The summed E-state index contributed by atoms with van der Waals surface area (Å²) in [5.74, 6) is -14.6. The van der Waals surface area contributed by atoms with E-state index in [1.807, 2.05) is 0 Å². The highest BCUT2D eigenvalue weighted by Crippen LogP contribution is 2.35. The Balaban J connectivity index is 3.64. The molecule has 0 saturated carbocycles. The molecule has 0 amide bonds. The van der Waals surface area contributed by atoms with Crippen molar-refractivity contribution in [3.05, 3.63) is 34.6 Å². The van der Waals surface area contributed by atoms with E-state index in [1.165, 1.54) is 0 Å². The Morgan fingerprint density at radius 3 is 1.44 bits per heavy atom. The quantitative estimate of drug-likeness (QED) is 0.384. The first-order valence-electron chi connectivity index (χ1n) is 3.62. The fourth-order valence-electron chi connectivity index (χ4n) is 0.954. The van der Waals surface area contributed by atoms with Crippen molar-refractivity contribution in [1.29, 1.82) is 0 Å². The van der Waals surface area contributed by atoms with E-state index in [0.717, 1.165) is 0 Å². The highest BCUT2D eigenvalue weighted by Gasteiger charge is 2.31. The summed E-state index contributed by atoms with van der Waals surface area (Å²) in [6, 6.07) is 0. The van der Waals surface area contributed by atoms with Crippen LogP contribution in [-0.2, 0) is 9.13 Å². The van der Waals surface area contributed by atoms with E-state index in [1.54, 1.807) is 0 Å². The third-order valence-electron chi connectivity index (χ3n) is 1.70. The minimum absolute atomic E-state index is 1.78. The number of rotatable bonds is 2. The van der Waals surface area contributed by atoms with Crippen molar-refractivity contribution in [2.24, 2.45) is 0 Å². The molecule has 0 aliphatic rings. The smallest absolute Gasteiger partial charge is 0.349 e. The Hall–Kier alpha value is -1.27. The van der Waals surface area contributed by atoms with Gasteiger partial charge in [-0.2, -0.15) is 0 Å². The molecule has 1 unspecified atom stereocenters. The van der Waals surface area contributed by atoms with Crippen LogP contribution in [0, 0.1) is 29.1 Å². The summed E-state index contributed by atoms with van der Waals surface area (Å²) in [5.41, 5.74) is -1.78. The van der Waals surface area contributed by atoms with Crippen LogP contribution in [0.2, 0.25) is 0 Å². The predicted molar refractivity (Wildman–Crippen MR) is 39.5 cm³/mol. The second-order valence-corrected chi connectivity index (χ2v) is 3.70. The van der Waals surface area contributed by atoms with Crippen molar-refractivity contribution >= 4 is 7.68 Å². The maximum atomic E-state index is 12.9. The first kappa shape index (κ1) is 12.8. The van der Waals surface area contributed by atoms with Gasteiger partial charge in [0.2, 0.25) is 5.82 Å². The number of halogens is 5. The summed E-state index contributed by atoms with van der Waals surface area (Å²) in [6.07, 6.45) is 0. The fourth-order valence-corrected chi connectivity index (χ4v) is 1.39. The van der Waals surface area contributed by atoms with Crippen LogP contribution in [0.25, 0.3) is 0 Å². The Morgan fingerprint density at radius 2 is 1.12 bits per heavy atom. The molecular weight excluding hydrogens is 258 g/mol. The zero-order chi connectivity index (χ0) is 12.6. The van der Waals surface area contributed by atoms with E-state index in [9.17, 15) is 31.1 Å². The molecule has 1 rings (SSSR count). The second kappa shape index (κ2) is 4.31. The van der Waals surface area contributed by atoms with E-state index in [4.69, 9.17) is 5.11 Å². The van der Waals surface area contributed by atoms with E-state index < -0.39 is 48.2 Å². The van der Waals surface area contributed by atoms with Gasteiger partial charge in [-0.3, -0.25) is 0 Å². The summed E-state index contributed by atoms with van der Waals surface area (Å²) in [4.78, 5) is 0. The van der Waals surface area contributed by atoms with Gasteiger partial charge in [0.1, 0.15) is 0 Å². The van der Waals surface area contributed by atoms with Gasteiger partial charge in [0.15, 0.2) is 29.1 Å². The minimum atomic E-state index is -3.79. The first-order valence-corrected chi connectivity index (χ1v) is 4.86. The van der Waals surface area contributed by atoms with Crippen LogP contribution < -0.4 is 0 Å². The molecule has 0 aromatic heterocycles. The molecule has 1 aromatic carbocycles. The van der Waals surface area contributed by atoms with Crippen LogP contribution in [-0.4, -0.2) is 5.11 Å². The maximum absolute atomic E-state index is 12.9. The molecule has 1 aromatic rings. The number of aliphatic hydroxyl groups excluding tert-OH is 1. The van der Waals surface area contributed by atoms with Gasteiger partial charge in [-0.15, -0.1) is 0 Å². The molecule has 0 bridgehead atoms. The lowest BCUT2D eigenvalue weighted by Crippen LogP contribution is -2.08. The minimum Gasteiger partial charge on any atom is -0.374 e. The summed E-state index contributed by atoms with van der Waals surface area (Å²) in [5, 5.41) is 8.77. The van der Waals surface area contributed by atoms with Crippen LogP contribution >= 0.6 is 7.68 Å². The third kappa shape index (κ3) is 1.85. The molecule has 1 N–H and O–H groups in total. The molecule has 0 aliphatic heterocycles. The maximum Gasteiger partial charge on any atom is 0.349 e. The average molecular weight is 260 g/mol. The predicted octanol–water partition coefficient (Wildman–Crippen LogP) is 2.55. The zero-order valence-electron chi connectivity index (χ0n) is 7.18. The summed E-state index contributed by atoms with van der Waals surface area (Å²) in [7, 11) is -3.79. The van der Waals surface area contributed by atoms with Crippen LogP contribution in [0.3, 0.4) is 0 Å². The SMILES string of the molecule is O=P(=O)C(O)c1c(F)c(F)c(F)c(F)c1F. The fraction of sp³-hybridized carbons (Fsp3) is 0.143. The largest absolute Gasteiger partial charge is 0.374 e. The van der Waals surface area contributed by atoms with Crippen molar-refractivity contribution in [3.63, 3.8) is 0 Å². The van der Waals surface area contributed by atoms with Gasteiger partial charge in [-0.05, 0) is 0 Å². The van der Waals surface area contributed by atoms with Crippen molar-refractivity contribution in [3.8, 4) is 0 Å². The highest BCUT2D eigenvalue weighted by molar-refractivity contribution is 7.31. The number of aliphatic hydroxyl groups is 1. The molecule has 0 heterocycles. The van der Waals surface area contributed by atoms with E-state index in [2.05, 4.69) is 0 Å². The second-order valence-electron chi connectivity index (χ2n) is 2.64. The molecule has 0 fully saturated rings. The monoisotopic (exact) mass is 260 g/mol. The first-order chi connectivity index (χ1) is 7.29. The molecule has 16 heavy (non-hydrogen) atoms. The molecule has 88 valence electrons. The van der Waals surface area contributed by atoms with Crippen LogP contribution in [0.1, 0.15) is 11.4 Å². The van der Waals surface area contributed by atoms with Gasteiger partial charge >= 0.3 is 7.68 Å². The van der Waals surface area contributed by atoms with Gasteiger partial charge in [0, 0.05) is 0 Å². The van der Waals surface area contributed by atoms with Crippen molar-refractivity contribution in [2.45, 2.75) is 5.85 Å². The average Bonchev–Trinajstić information content (AvgIpc) is 2.23. The normalized spacial score (nSPS) is 12.6. The summed E-state index contributed by atoms with van der Waals surface area (Å²) < 4.78 is 83.8. The topological polar surface area (TPSA) is 54.4 Å². The van der Waals surface area contributed by atoms with Gasteiger partial charge in [-0.25, -0.2) is 31.1 Å². The molecule has 0 spiro atoms. The third-order valence-corrected chi connectivity index (χ3v) is 2.36.